The first-order chi connectivity index (χ1) is 11.5. The molecule has 0 unspecified atom stereocenters. The summed E-state index contributed by atoms with van der Waals surface area (Å²) in [6.07, 6.45) is 1.29. The van der Waals surface area contributed by atoms with Crippen molar-refractivity contribution in [3.63, 3.8) is 0 Å². The Morgan fingerprint density at radius 2 is 1.83 bits per heavy atom. The highest BCUT2D eigenvalue weighted by Gasteiger charge is 2.18. The van der Waals surface area contributed by atoms with Gasteiger partial charge in [0.2, 0.25) is 0 Å². The zero-order valence-electron chi connectivity index (χ0n) is 15.1. The van der Waals surface area contributed by atoms with E-state index in [1.165, 1.54) is 33.4 Å². The normalized spacial score (nSPS) is 16.1. The monoisotopic (exact) mass is 325 g/mol. The molecule has 24 heavy (non-hydrogen) atoms. The SMILES string of the molecule is Cc1cc(C)c(CNCc2ccc3c(c2)C[C@H](C)O3)c(C)c1CO. The molecule has 3 heteroatoms. The molecular weight excluding hydrogens is 298 g/mol. The second kappa shape index (κ2) is 6.96. The number of rotatable bonds is 5. The third kappa shape index (κ3) is 3.33. The number of benzene rings is 2. The number of aliphatic hydroxyl groups is 1. The van der Waals surface area contributed by atoms with Gasteiger partial charge in [0.1, 0.15) is 11.9 Å². The van der Waals surface area contributed by atoms with E-state index in [4.69, 9.17) is 4.74 Å². The Kier molecular flexibility index (Phi) is 4.93. The molecule has 0 bridgehead atoms. The molecule has 0 aromatic heterocycles. The van der Waals surface area contributed by atoms with E-state index in [1.54, 1.807) is 0 Å². The minimum absolute atomic E-state index is 0.105. The van der Waals surface area contributed by atoms with Crippen molar-refractivity contribution in [1.82, 2.24) is 5.32 Å². The second-order valence-corrected chi connectivity index (χ2v) is 6.93. The van der Waals surface area contributed by atoms with Gasteiger partial charge >= 0.3 is 0 Å². The molecule has 2 aromatic rings. The Bertz CT molecular complexity index is 752. The maximum atomic E-state index is 9.60. The van der Waals surface area contributed by atoms with Crippen LogP contribution >= 0.6 is 0 Å². The van der Waals surface area contributed by atoms with E-state index in [1.807, 2.05) is 0 Å². The van der Waals surface area contributed by atoms with Crippen LogP contribution in [-0.2, 0) is 26.1 Å². The molecule has 2 aromatic carbocycles. The Hall–Kier alpha value is -1.84. The smallest absolute Gasteiger partial charge is 0.123 e. The van der Waals surface area contributed by atoms with Gasteiger partial charge in [-0.05, 0) is 72.7 Å². The van der Waals surface area contributed by atoms with Crippen molar-refractivity contribution in [1.29, 1.82) is 0 Å². The number of aryl methyl sites for hydroxylation is 2. The first-order valence-corrected chi connectivity index (χ1v) is 8.68. The van der Waals surface area contributed by atoms with E-state index in [-0.39, 0.29) is 12.7 Å². The summed E-state index contributed by atoms with van der Waals surface area (Å²) in [6.45, 7) is 10.2. The van der Waals surface area contributed by atoms with Crippen LogP contribution in [0.2, 0.25) is 0 Å². The van der Waals surface area contributed by atoms with Crippen LogP contribution in [0.25, 0.3) is 0 Å². The lowest BCUT2D eigenvalue weighted by Crippen LogP contribution is -2.15. The van der Waals surface area contributed by atoms with Crippen LogP contribution in [0.3, 0.4) is 0 Å². The molecule has 128 valence electrons. The summed E-state index contributed by atoms with van der Waals surface area (Å²) < 4.78 is 5.76. The summed E-state index contributed by atoms with van der Waals surface area (Å²) in [7, 11) is 0. The molecule has 0 amide bonds. The van der Waals surface area contributed by atoms with Crippen LogP contribution in [0.15, 0.2) is 24.3 Å². The van der Waals surface area contributed by atoms with Crippen molar-refractivity contribution in [2.45, 2.75) is 59.9 Å². The standard InChI is InChI=1S/C21H27NO2/c1-13-7-14(2)20(12-23)16(4)19(13)11-22-10-17-5-6-21-18(9-17)8-15(3)24-21/h5-7,9,15,22-23H,8,10-12H2,1-4H3/t15-/m0/s1. The molecule has 0 spiro atoms. The molecule has 0 radical (unpaired) electrons. The Morgan fingerprint density at radius 3 is 2.58 bits per heavy atom. The van der Waals surface area contributed by atoms with Gasteiger partial charge in [0, 0.05) is 19.5 Å². The van der Waals surface area contributed by atoms with E-state index in [0.29, 0.717) is 0 Å². The van der Waals surface area contributed by atoms with Gasteiger partial charge in [-0.2, -0.15) is 0 Å². The molecule has 1 aliphatic rings. The fourth-order valence-electron chi connectivity index (χ4n) is 3.71. The van der Waals surface area contributed by atoms with Gasteiger partial charge < -0.3 is 15.2 Å². The first-order valence-electron chi connectivity index (χ1n) is 8.68. The van der Waals surface area contributed by atoms with Crippen molar-refractivity contribution in [3.05, 3.63) is 63.2 Å². The number of hydrogen-bond acceptors (Lipinski definition) is 3. The third-order valence-corrected chi connectivity index (χ3v) is 5.04. The molecule has 1 aliphatic heterocycles. The van der Waals surface area contributed by atoms with E-state index in [0.717, 1.165) is 30.8 Å². The third-order valence-electron chi connectivity index (χ3n) is 5.04. The maximum absolute atomic E-state index is 9.60. The average molecular weight is 325 g/mol. The highest BCUT2D eigenvalue weighted by Crippen LogP contribution is 2.29. The van der Waals surface area contributed by atoms with Crippen molar-refractivity contribution in [2.75, 3.05) is 0 Å². The van der Waals surface area contributed by atoms with Gasteiger partial charge in [-0.25, -0.2) is 0 Å². The molecule has 1 heterocycles. The van der Waals surface area contributed by atoms with E-state index in [2.05, 4.69) is 57.3 Å². The minimum atomic E-state index is 0.105. The molecule has 0 saturated heterocycles. The van der Waals surface area contributed by atoms with Crippen molar-refractivity contribution < 1.29 is 9.84 Å². The predicted octanol–water partition coefficient (Wildman–Crippen LogP) is 3.72. The zero-order chi connectivity index (χ0) is 17.3. The summed E-state index contributed by atoms with van der Waals surface area (Å²) in [5.41, 5.74) is 8.61. The van der Waals surface area contributed by atoms with Gasteiger partial charge in [0.15, 0.2) is 0 Å². The van der Waals surface area contributed by atoms with Crippen molar-refractivity contribution in [2.24, 2.45) is 0 Å². The number of nitrogens with one attached hydrogen (secondary N) is 1. The molecule has 3 nitrogen and oxygen atoms in total. The zero-order valence-corrected chi connectivity index (χ0v) is 15.1. The molecule has 0 fully saturated rings. The summed E-state index contributed by atoms with van der Waals surface area (Å²) >= 11 is 0. The van der Waals surface area contributed by atoms with Crippen molar-refractivity contribution in [3.8, 4) is 5.75 Å². The number of fused-ring (bicyclic) bond motifs is 1. The fourth-order valence-corrected chi connectivity index (χ4v) is 3.71. The van der Waals surface area contributed by atoms with Crippen LogP contribution in [0.4, 0.5) is 0 Å². The van der Waals surface area contributed by atoms with Crippen LogP contribution in [0.1, 0.15) is 45.9 Å². The lowest BCUT2D eigenvalue weighted by molar-refractivity contribution is 0.254. The molecule has 0 saturated carbocycles. The van der Waals surface area contributed by atoms with Gasteiger partial charge in [0.25, 0.3) is 0 Å². The first kappa shape index (κ1) is 17.0. The quantitative estimate of drug-likeness (QED) is 0.880. The van der Waals surface area contributed by atoms with E-state index < -0.39 is 0 Å². The molecule has 2 N–H and O–H groups in total. The average Bonchev–Trinajstić information content (AvgIpc) is 2.90. The lowest BCUT2D eigenvalue weighted by atomic mass is 9.93. The highest BCUT2D eigenvalue weighted by molar-refractivity contribution is 5.44. The maximum Gasteiger partial charge on any atom is 0.123 e. The Morgan fingerprint density at radius 1 is 1.08 bits per heavy atom. The van der Waals surface area contributed by atoms with Crippen LogP contribution in [0, 0.1) is 20.8 Å². The predicted molar refractivity (Wildman–Crippen MR) is 97.4 cm³/mol. The van der Waals surface area contributed by atoms with Gasteiger partial charge in [-0.3, -0.25) is 0 Å². The van der Waals surface area contributed by atoms with E-state index >= 15 is 0 Å². The summed E-state index contributed by atoms with van der Waals surface area (Å²) in [4.78, 5) is 0. The van der Waals surface area contributed by atoms with Crippen LogP contribution in [0.5, 0.6) is 5.75 Å². The topological polar surface area (TPSA) is 41.5 Å². The Labute approximate surface area is 144 Å². The van der Waals surface area contributed by atoms with Gasteiger partial charge in [-0.1, -0.05) is 18.2 Å². The summed E-state index contributed by atoms with van der Waals surface area (Å²) in [5.74, 6) is 1.03. The number of aliphatic hydroxyl groups excluding tert-OH is 1. The second-order valence-electron chi connectivity index (χ2n) is 6.93. The van der Waals surface area contributed by atoms with Crippen molar-refractivity contribution >= 4 is 0 Å². The van der Waals surface area contributed by atoms with E-state index in [9.17, 15) is 5.11 Å². The van der Waals surface area contributed by atoms with Crippen LogP contribution in [-0.4, -0.2) is 11.2 Å². The minimum Gasteiger partial charge on any atom is -0.490 e. The number of hydrogen-bond donors (Lipinski definition) is 2. The molecule has 1 atom stereocenters. The van der Waals surface area contributed by atoms with Gasteiger partial charge in [0.05, 0.1) is 6.61 Å². The lowest BCUT2D eigenvalue weighted by Gasteiger charge is -2.17. The molecule has 3 rings (SSSR count). The molecular formula is C21H27NO2. The summed E-state index contributed by atoms with van der Waals surface area (Å²) in [5, 5.41) is 13.1. The van der Waals surface area contributed by atoms with Crippen LogP contribution < -0.4 is 10.1 Å². The largest absolute Gasteiger partial charge is 0.490 e. The van der Waals surface area contributed by atoms with Gasteiger partial charge in [-0.15, -0.1) is 0 Å². The Balaban J connectivity index is 1.68. The fraction of sp³-hybridized carbons (Fsp3) is 0.429. The molecule has 0 aliphatic carbocycles. The number of ether oxygens (including phenoxy) is 1. The summed E-state index contributed by atoms with van der Waals surface area (Å²) in [6, 6.07) is 8.64. The highest BCUT2D eigenvalue weighted by atomic mass is 16.5.